The molecule has 0 aliphatic rings. The van der Waals surface area contributed by atoms with Crippen LogP contribution in [0, 0.1) is 0 Å². The summed E-state index contributed by atoms with van der Waals surface area (Å²) in [5, 5.41) is 3.18. The fourth-order valence-electron chi connectivity index (χ4n) is 5.93. The Hall–Kier alpha value is -5.40. The molecule has 41 heavy (non-hydrogen) atoms. The molecule has 0 atom stereocenters. The SMILES string of the molecule is c1ccc(-n2c3cc4c5ncccc5n(-c5ccc(-c6nc7ncccc7s6)cc5)c4cc3c3ncccc32)cc1. The van der Waals surface area contributed by atoms with Gasteiger partial charge in [-0.25, -0.2) is 9.97 Å². The van der Waals surface area contributed by atoms with E-state index < -0.39 is 0 Å². The van der Waals surface area contributed by atoms with E-state index in [-0.39, 0.29) is 0 Å². The summed E-state index contributed by atoms with van der Waals surface area (Å²) in [6.07, 6.45) is 5.53. The Morgan fingerprint density at radius 1 is 0.512 bits per heavy atom. The molecule has 9 rings (SSSR count). The number of fused-ring (bicyclic) bond motifs is 7. The minimum absolute atomic E-state index is 0.789. The number of hydrogen-bond donors (Lipinski definition) is 0. The van der Waals surface area contributed by atoms with Crippen molar-refractivity contribution in [2.24, 2.45) is 0 Å². The molecule has 9 aromatic rings. The van der Waals surface area contributed by atoms with E-state index in [1.807, 2.05) is 36.7 Å². The number of aromatic nitrogens is 6. The van der Waals surface area contributed by atoms with E-state index in [1.165, 1.54) is 0 Å². The first kappa shape index (κ1) is 22.4. The van der Waals surface area contributed by atoms with Gasteiger partial charge in [0, 0.05) is 46.3 Å². The van der Waals surface area contributed by atoms with Crippen molar-refractivity contribution in [2.45, 2.75) is 0 Å². The third-order valence-corrected chi connectivity index (χ3v) is 8.77. The average Bonchev–Trinajstić information content (AvgIpc) is 3.71. The Morgan fingerprint density at radius 3 is 1.73 bits per heavy atom. The molecule has 0 bridgehead atoms. The van der Waals surface area contributed by atoms with E-state index in [2.05, 4.69) is 93.0 Å². The summed E-state index contributed by atoms with van der Waals surface area (Å²) in [5.74, 6) is 0. The highest BCUT2D eigenvalue weighted by Crippen LogP contribution is 2.38. The second-order valence-corrected chi connectivity index (χ2v) is 11.1. The van der Waals surface area contributed by atoms with Gasteiger partial charge < -0.3 is 9.13 Å². The average molecular weight is 545 g/mol. The van der Waals surface area contributed by atoms with E-state index in [4.69, 9.17) is 15.0 Å². The normalized spacial score (nSPS) is 11.9. The Bertz CT molecular complexity index is 2380. The van der Waals surface area contributed by atoms with E-state index >= 15 is 0 Å². The number of thiazole rings is 1. The maximum absolute atomic E-state index is 4.85. The smallest absolute Gasteiger partial charge is 0.170 e. The second-order valence-electron chi connectivity index (χ2n) is 10.0. The van der Waals surface area contributed by atoms with Gasteiger partial charge in [-0.15, -0.1) is 11.3 Å². The van der Waals surface area contributed by atoms with Crippen LogP contribution in [0.2, 0.25) is 0 Å². The molecule has 0 radical (unpaired) electrons. The summed E-state index contributed by atoms with van der Waals surface area (Å²) in [4.78, 5) is 18.8. The maximum Gasteiger partial charge on any atom is 0.170 e. The number of benzene rings is 3. The van der Waals surface area contributed by atoms with Crippen molar-refractivity contribution < 1.29 is 0 Å². The van der Waals surface area contributed by atoms with Gasteiger partial charge in [-0.1, -0.05) is 18.2 Å². The summed E-state index contributed by atoms with van der Waals surface area (Å²) >= 11 is 1.66. The van der Waals surface area contributed by atoms with Crippen LogP contribution < -0.4 is 0 Å². The lowest BCUT2D eigenvalue weighted by atomic mass is 10.1. The molecule has 6 heterocycles. The van der Waals surface area contributed by atoms with Crippen LogP contribution in [0.15, 0.2) is 122 Å². The van der Waals surface area contributed by atoms with Gasteiger partial charge in [0.15, 0.2) is 5.65 Å². The minimum atomic E-state index is 0.789. The Kier molecular flexibility index (Phi) is 4.67. The molecule has 0 amide bonds. The van der Waals surface area contributed by atoms with Crippen molar-refractivity contribution in [2.75, 3.05) is 0 Å². The van der Waals surface area contributed by atoms with Gasteiger partial charge in [-0.3, -0.25) is 9.97 Å². The molecule has 0 unspecified atom stereocenters. The molecule has 192 valence electrons. The fourth-order valence-corrected chi connectivity index (χ4v) is 6.86. The first-order valence-corrected chi connectivity index (χ1v) is 14.2. The van der Waals surface area contributed by atoms with Gasteiger partial charge in [-0.2, -0.15) is 0 Å². The molecule has 0 fully saturated rings. The predicted molar refractivity (Wildman–Crippen MR) is 167 cm³/mol. The lowest BCUT2D eigenvalue weighted by molar-refractivity contribution is 1.17. The molecule has 0 aliphatic heterocycles. The number of rotatable bonds is 3. The number of nitrogens with zero attached hydrogens (tertiary/aromatic N) is 6. The molecule has 6 aromatic heterocycles. The van der Waals surface area contributed by atoms with Crippen LogP contribution in [0.3, 0.4) is 0 Å². The molecule has 7 heteroatoms. The molecular weight excluding hydrogens is 524 g/mol. The van der Waals surface area contributed by atoms with Crippen LogP contribution in [0.25, 0.3) is 76.2 Å². The Labute approximate surface area is 237 Å². The summed E-state index contributed by atoms with van der Waals surface area (Å²) < 4.78 is 5.69. The van der Waals surface area contributed by atoms with Gasteiger partial charge in [0.25, 0.3) is 0 Å². The zero-order valence-corrected chi connectivity index (χ0v) is 22.5. The number of para-hydroxylation sites is 1. The van der Waals surface area contributed by atoms with E-state index in [0.717, 1.165) is 76.2 Å². The van der Waals surface area contributed by atoms with Crippen LogP contribution >= 0.6 is 11.3 Å². The maximum atomic E-state index is 4.85. The quantitative estimate of drug-likeness (QED) is 0.224. The zero-order valence-electron chi connectivity index (χ0n) is 21.6. The standard InChI is InChI=1S/C34H20N6S/c1-2-7-22(8-3-1)39-26-9-4-16-35-31(26)24-20-29-25(19-28(24)39)32-27(10-5-17-36-32)40(29)23-14-12-21(13-15-23)34-38-33-30(41-34)11-6-18-37-33/h1-20H. The second kappa shape index (κ2) is 8.55. The molecule has 0 spiro atoms. The van der Waals surface area contributed by atoms with Crippen molar-refractivity contribution in [1.82, 2.24) is 29.1 Å². The summed E-state index contributed by atoms with van der Waals surface area (Å²) in [7, 11) is 0. The Balaban J connectivity index is 1.30. The third kappa shape index (κ3) is 3.30. The van der Waals surface area contributed by atoms with Crippen molar-refractivity contribution in [3.05, 3.63) is 122 Å². The van der Waals surface area contributed by atoms with E-state index in [9.17, 15) is 0 Å². The van der Waals surface area contributed by atoms with Crippen molar-refractivity contribution >= 4 is 65.6 Å². The monoisotopic (exact) mass is 544 g/mol. The first-order chi connectivity index (χ1) is 20.3. The number of hydrogen-bond acceptors (Lipinski definition) is 5. The van der Waals surface area contributed by atoms with Gasteiger partial charge >= 0.3 is 0 Å². The first-order valence-electron chi connectivity index (χ1n) is 13.4. The van der Waals surface area contributed by atoms with Crippen LogP contribution in [0.1, 0.15) is 0 Å². The molecule has 0 N–H and O–H groups in total. The lowest BCUT2D eigenvalue weighted by Crippen LogP contribution is -1.94. The highest BCUT2D eigenvalue weighted by Gasteiger charge is 2.19. The van der Waals surface area contributed by atoms with Gasteiger partial charge in [0.2, 0.25) is 0 Å². The lowest BCUT2D eigenvalue weighted by Gasteiger charge is -2.09. The van der Waals surface area contributed by atoms with Gasteiger partial charge in [-0.05, 0) is 84.9 Å². The van der Waals surface area contributed by atoms with Crippen LogP contribution in [-0.2, 0) is 0 Å². The van der Waals surface area contributed by atoms with Crippen LogP contribution in [-0.4, -0.2) is 29.1 Å². The van der Waals surface area contributed by atoms with Crippen molar-refractivity contribution in [3.63, 3.8) is 0 Å². The molecular formula is C34H20N6S. The highest BCUT2D eigenvalue weighted by molar-refractivity contribution is 7.21. The van der Waals surface area contributed by atoms with E-state index in [1.54, 1.807) is 17.5 Å². The van der Waals surface area contributed by atoms with Crippen molar-refractivity contribution in [3.8, 4) is 21.9 Å². The molecule has 6 nitrogen and oxygen atoms in total. The zero-order chi connectivity index (χ0) is 26.9. The summed E-state index contributed by atoms with van der Waals surface area (Å²) in [6.45, 7) is 0. The van der Waals surface area contributed by atoms with Crippen molar-refractivity contribution in [1.29, 1.82) is 0 Å². The molecule has 0 saturated carbocycles. The predicted octanol–water partition coefficient (Wildman–Crippen LogP) is 8.34. The number of pyridine rings is 3. The molecule has 0 saturated heterocycles. The van der Waals surface area contributed by atoms with Gasteiger partial charge in [0.1, 0.15) is 5.01 Å². The van der Waals surface area contributed by atoms with Crippen LogP contribution in [0.5, 0.6) is 0 Å². The topological polar surface area (TPSA) is 61.4 Å². The molecule has 0 aliphatic carbocycles. The fraction of sp³-hybridized carbons (Fsp3) is 0. The molecule has 3 aromatic carbocycles. The summed E-state index contributed by atoms with van der Waals surface area (Å²) in [5.41, 5.74) is 10.4. The minimum Gasteiger partial charge on any atom is -0.308 e. The largest absolute Gasteiger partial charge is 0.308 e. The van der Waals surface area contributed by atoms with Gasteiger partial charge in [0.05, 0.1) is 37.8 Å². The third-order valence-electron chi connectivity index (χ3n) is 7.71. The van der Waals surface area contributed by atoms with Crippen LogP contribution in [0.4, 0.5) is 0 Å². The van der Waals surface area contributed by atoms with E-state index in [0.29, 0.717) is 0 Å². The Morgan fingerprint density at radius 2 is 1.10 bits per heavy atom. The highest BCUT2D eigenvalue weighted by atomic mass is 32.1. The summed E-state index contributed by atoms with van der Waals surface area (Å²) in [6, 6.07) is 35.9.